The molecule has 0 unspecified atom stereocenters. The molecule has 47 heavy (non-hydrogen) atoms. The Balaban J connectivity index is 1.37. The number of nitrogens with one attached hydrogen (secondary N) is 3. The molecule has 0 bridgehead atoms. The highest BCUT2D eigenvalue weighted by Crippen LogP contribution is 2.28. The molecule has 1 saturated carbocycles. The minimum atomic E-state index is -0.828. The van der Waals surface area contributed by atoms with Gasteiger partial charge < -0.3 is 34.8 Å². The van der Waals surface area contributed by atoms with Crippen molar-refractivity contribution in [3.8, 4) is 0 Å². The number of aliphatic hydroxyl groups is 1. The molecule has 0 radical (unpaired) electrons. The highest BCUT2D eigenvalue weighted by Gasteiger charge is 2.31. The summed E-state index contributed by atoms with van der Waals surface area (Å²) in [7, 11) is 1.96. The number of hydrogen-bond acceptors (Lipinski definition) is 7. The summed E-state index contributed by atoms with van der Waals surface area (Å²) < 4.78 is 13.6. The summed E-state index contributed by atoms with van der Waals surface area (Å²) in [5.74, 6) is -0.444. The van der Waals surface area contributed by atoms with Gasteiger partial charge in [-0.15, -0.1) is 0 Å². The molecule has 4 N–H and O–H groups in total. The molecule has 0 aliphatic heterocycles. The Kier molecular flexibility index (Phi) is 11.0. The molecule has 2 aromatic carbocycles. The van der Waals surface area contributed by atoms with Gasteiger partial charge >= 0.3 is 12.0 Å². The standard InChI is InChI=1S/C36H45N5O6/c1-22(2)18-29(39-36(45)37-26-14-16-27(42)17-15-26)33(43)38-30(19-25-20-41(4)31-13-9-8-12-28(25)31)34-40-32(23(3)47-34)35(44)46-21-24-10-6-5-7-11-24/h5-13,20,22,26-27,29-30,42H,14-19,21H2,1-4H3,(H,38,43)(H2,37,39,45)/t26?,27?,29-,30+/m0/s1. The number of aromatic nitrogens is 2. The van der Waals surface area contributed by atoms with E-state index in [2.05, 4.69) is 20.9 Å². The van der Waals surface area contributed by atoms with E-state index in [1.54, 1.807) is 6.92 Å². The number of esters is 1. The van der Waals surface area contributed by atoms with Crippen molar-refractivity contribution in [2.75, 3.05) is 0 Å². The first kappa shape index (κ1) is 33.7. The smallest absolute Gasteiger partial charge is 0.360 e. The van der Waals surface area contributed by atoms with Crippen molar-refractivity contribution in [2.45, 2.75) is 90.1 Å². The summed E-state index contributed by atoms with van der Waals surface area (Å²) in [4.78, 5) is 44.5. The molecule has 1 aliphatic carbocycles. The lowest BCUT2D eigenvalue weighted by atomic mass is 9.93. The number of carbonyl (C=O) groups excluding carboxylic acids is 3. The topological polar surface area (TPSA) is 148 Å². The van der Waals surface area contributed by atoms with Gasteiger partial charge in [0.15, 0.2) is 5.69 Å². The molecule has 1 fully saturated rings. The number of hydrogen-bond donors (Lipinski definition) is 4. The van der Waals surface area contributed by atoms with Crippen LogP contribution in [0.5, 0.6) is 0 Å². The highest BCUT2D eigenvalue weighted by molar-refractivity contribution is 5.89. The van der Waals surface area contributed by atoms with E-state index in [1.165, 1.54) is 0 Å². The Morgan fingerprint density at radius 3 is 2.45 bits per heavy atom. The summed E-state index contributed by atoms with van der Waals surface area (Å²) in [6.07, 6.45) is 5.04. The van der Waals surface area contributed by atoms with Crippen molar-refractivity contribution in [3.63, 3.8) is 0 Å². The molecule has 5 rings (SSSR count). The zero-order valence-electron chi connectivity index (χ0n) is 27.5. The molecule has 3 amide bonds. The molecular weight excluding hydrogens is 598 g/mol. The van der Waals surface area contributed by atoms with Gasteiger partial charge in [0.05, 0.1) is 6.10 Å². The predicted molar refractivity (Wildman–Crippen MR) is 177 cm³/mol. The van der Waals surface area contributed by atoms with E-state index in [9.17, 15) is 19.5 Å². The van der Waals surface area contributed by atoms with Crippen LogP contribution in [0.25, 0.3) is 10.9 Å². The molecule has 11 nitrogen and oxygen atoms in total. The van der Waals surface area contributed by atoms with E-state index in [0.717, 1.165) is 22.0 Å². The lowest BCUT2D eigenvalue weighted by Gasteiger charge is -2.28. The minimum Gasteiger partial charge on any atom is -0.456 e. The lowest BCUT2D eigenvalue weighted by molar-refractivity contribution is -0.124. The van der Waals surface area contributed by atoms with E-state index in [4.69, 9.17) is 9.15 Å². The summed E-state index contributed by atoms with van der Waals surface area (Å²) in [5, 5.41) is 19.8. The van der Waals surface area contributed by atoms with Crippen LogP contribution in [0.2, 0.25) is 0 Å². The fraction of sp³-hybridized carbons (Fsp3) is 0.444. The molecule has 0 spiro atoms. The maximum Gasteiger partial charge on any atom is 0.360 e. The van der Waals surface area contributed by atoms with Crippen molar-refractivity contribution in [1.29, 1.82) is 0 Å². The van der Waals surface area contributed by atoms with E-state index in [-0.39, 0.29) is 47.9 Å². The zero-order chi connectivity index (χ0) is 33.5. The maximum atomic E-state index is 13.9. The molecule has 2 aromatic heterocycles. The van der Waals surface area contributed by atoms with Crippen LogP contribution in [0.4, 0.5) is 4.79 Å². The van der Waals surface area contributed by atoms with Crippen molar-refractivity contribution >= 4 is 28.8 Å². The van der Waals surface area contributed by atoms with Crippen LogP contribution in [-0.4, -0.2) is 50.8 Å². The molecule has 0 saturated heterocycles. The Hall–Kier alpha value is -4.64. The number of aryl methyl sites for hydroxylation is 2. The maximum absolute atomic E-state index is 13.9. The number of urea groups is 1. The van der Waals surface area contributed by atoms with E-state index >= 15 is 0 Å². The second-order valence-corrected chi connectivity index (χ2v) is 12.9. The van der Waals surface area contributed by atoms with Crippen molar-refractivity contribution in [1.82, 2.24) is 25.5 Å². The summed E-state index contributed by atoms with van der Waals surface area (Å²) in [6, 6.07) is 15.3. The Morgan fingerprint density at radius 2 is 1.72 bits per heavy atom. The molecule has 11 heteroatoms. The van der Waals surface area contributed by atoms with Crippen LogP contribution in [0.3, 0.4) is 0 Å². The van der Waals surface area contributed by atoms with Crippen LogP contribution in [0.15, 0.2) is 65.2 Å². The van der Waals surface area contributed by atoms with Crippen molar-refractivity contribution < 1.29 is 28.6 Å². The average Bonchev–Trinajstić information content (AvgIpc) is 3.59. The number of benzene rings is 2. The van der Waals surface area contributed by atoms with Crippen LogP contribution in [-0.2, 0) is 29.6 Å². The normalized spacial score (nSPS) is 17.7. The van der Waals surface area contributed by atoms with E-state index < -0.39 is 24.1 Å². The van der Waals surface area contributed by atoms with Gasteiger partial charge in [-0.1, -0.05) is 62.4 Å². The second kappa shape index (κ2) is 15.3. The van der Waals surface area contributed by atoms with Crippen LogP contribution in [0.1, 0.15) is 85.3 Å². The lowest BCUT2D eigenvalue weighted by Crippen LogP contribution is -2.53. The summed E-state index contributed by atoms with van der Waals surface area (Å²) in [6.45, 7) is 5.70. The van der Waals surface area contributed by atoms with Crippen LogP contribution >= 0.6 is 0 Å². The quantitative estimate of drug-likeness (QED) is 0.154. The fourth-order valence-electron chi connectivity index (χ4n) is 6.14. The van der Waals surface area contributed by atoms with Gasteiger partial charge in [0.1, 0.15) is 24.5 Å². The SMILES string of the molecule is Cc1oc([C@@H](Cc2cn(C)c3ccccc23)NC(=O)[C@H](CC(C)C)NC(=O)NC2CCC(O)CC2)nc1C(=O)OCc1ccccc1. The number of fused-ring (bicyclic) bond motifs is 1. The van der Waals surface area contributed by atoms with Gasteiger partial charge in [-0.25, -0.2) is 14.6 Å². The van der Waals surface area contributed by atoms with Gasteiger partial charge in [0, 0.05) is 36.6 Å². The molecule has 4 aromatic rings. The Morgan fingerprint density at radius 1 is 1.02 bits per heavy atom. The molecule has 2 heterocycles. The first-order valence-corrected chi connectivity index (χ1v) is 16.3. The number of oxazole rings is 1. The Bertz CT molecular complexity index is 1670. The molecule has 1 aliphatic rings. The predicted octanol–water partition coefficient (Wildman–Crippen LogP) is 5.25. The first-order valence-electron chi connectivity index (χ1n) is 16.3. The molecule has 2 atom stereocenters. The summed E-state index contributed by atoms with van der Waals surface area (Å²) in [5.41, 5.74) is 2.88. The monoisotopic (exact) mass is 643 g/mol. The third-order valence-corrected chi connectivity index (χ3v) is 8.60. The number of ether oxygens (including phenoxy) is 1. The third kappa shape index (κ3) is 8.79. The summed E-state index contributed by atoms with van der Waals surface area (Å²) >= 11 is 0. The number of para-hydroxylation sites is 1. The molecule has 250 valence electrons. The van der Waals surface area contributed by atoms with Gasteiger partial charge in [-0.05, 0) is 62.1 Å². The van der Waals surface area contributed by atoms with Gasteiger partial charge in [-0.3, -0.25) is 4.79 Å². The first-order chi connectivity index (χ1) is 22.6. The Labute approximate surface area is 275 Å². The van der Waals surface area contributed by atoms with Crippen LogP contribution < -0.4 is 16.0 Å². The van der Waals surface area contributed by atoms with Crippen molar-refractivity contribution in [2.24, 2.45) is 13.0 Å². The number of amides is 3. The molecular formula is C36H45N5O6. The van der Waals surface area contributed by atoms with Gasteiger partial charge in [0.25, 0.3) is 0 Å². The number of rotatable bonds is 12. The minimum absolute atomic E-state index is 0.0435. The van der Waals surface area contributed by atoms with Crippen LogP contribution in [0, 0.1) is 12.8 Å². The number of aliphatic hydroxyl groups excluding tert-OH is 1. The van der Waals surface area contributed by atoms with Gasteiger partial charge in [-0.2, -0.15) is 0 Å². The second-order valence-electron chi connectivity index (χ2n) is 12.9. The van der Waals surface area contributed by atoms with Crippen molar-refractivity contribution in [3.05, 3.63) is 89.3 Å². The number of carbonyl (C=O) groups is 3. The third-order valence-electron chi connectivity index (χ3n) is 8.60. The highest BCUT2D eigenvalue weighted by atomic mass is 16.5. The average molecular weight is 644 g/mol. The number of nitrogens with zero attached hydrogens (tertiary/aromatic N) is 2. The van der Waals surface area contributed by atoms with E-state index in [1.807, 2.05) is 86.3 Å². The zero-order valence-corrected chi connectivity index (χ0v) is 27.5. The van der Waals surface area contributed by atoms with Gasteiger partial charge in [0.2, 0.25) is 11.8 Å². The largest absolute Gasteiger partial charge is 0.456 e. The fourth-order valence-corrected chi connectivity index (χ4v) is 6.14. The van der Waals surface area contributed by atoms with E-state index in [0.29, 0.717) is 38.5 Å².